The third kappa shape index (κ3) is 4.15. The van der Waals surface area contributed by atoms with Gasteiger partial charge in [0.05, 0.1) is 16.5 Å². The Morgan fingerprint density at radius 2 is 1.71 bits per heavy atom. The number of hydrogen-bond donors (Lipinski definition) is 2. The monoisotopic (exact) mass is 435 g/mol. The summed E-state index contributed by atoms with van der Waals surface area (Å²) in [6.45, 7) is 0. The number of rotatable bonds is 5. The number of nitrogens with zero attached hydrogens (tertiary/aromatic N) is 1. The highest BCUT2D eigenvalue weighted by molar-refractivity contribution is 7.92. The van der Waals surface area contributed by atoms with Crippen LogP contribution < -0.4 is 14.9 Å². The number of benzene rings is 3. The molecule has 7 nitrogen and oxygen atoms in total. The summed E-state index contributed by atoms with van der Waals surface area (Å²) in [6.07, 6.45) is 0.0254. The van der Waals surface area contributed by atoms with Crippen molar-refractivity contribution in [2.24, 2.45) is 0 Å². The van der Waals surface area contributed by atoms with E-state index in [0.717, 1.165) is 5.56 Å². The first-order valence-electron chi connectivity index (χ1n) is 9.70. The van der Waals surface area contributed by atoms with E-state index in [1.807, 2.05) is 12.1 Å². The standard InChI is InChI=1S/C23H21N3O4S/c1-26(17-9-3-2-4-10-17)31(29,30)18-11-7-8-16(14-18)24-23(28)20-15-22(27)25-21-13-6-5-12-19(20)21/h2-14,20H,15H2,1H3,(H,24,28)(H,25,27). The maximum atomic E-state index is 13.0. The van der Waals surface area contributed by atoms with Crippen molar-refractivity contribution in [3.63, 3.8) is 0 Å². The van der Waals surface area contributed by atoms with E-state index in [9.17, 15) is 18.0 Å². The summed E-state index contributed by atoms with van der Waals surface area (Å²) in [5.41, 5.74) is 2.21. The van der Waals surface area contributed by atoms with Crippen LogP contribution in [0.15, 0.2) is 83.8 Å². The van der Waals surface area contributed by atoms with Crippen molar-refractivity contribution in [2.75, 3.05) is 22.0 Å². The molecule has 0 aromatic heterocycles. The summed E-state index contributed by atoms with van der Waals surface area (Å²) in [7, 11) is -2.34. The van der Waals surface area contributed by atoms with Gasteiger partial charge in [0.2, 0.25) is 11.8 Å². The predicted molar refractivity (Wildman–Crippen MR) is 120 cm³/mol. The van der Waals surface area contributed by atoms with Gasteiger partial charge in [0.25, 0.3) is 10.0 Å². The third-order valence-corrected chi connectivity index (χ3v) is 6.98. The molecule has 1 aliphatic rings. The van der Waals surface area contributed by atoms with Crippen molar-refractivity contribution in [2.45, 2.75) is 17.2 Å². The molecule has 4 rings (SSSR count). The van der Waals surface area contributed by atoms with Crippen molar-refractivity contribution in [1.29, 1.82) is 0 Å². The molecule has 158 valence electrons. The molecule has 3 aromatic carbocycles. The van der Waals surface area contributed by atoms with Crippen LogP contribution in [-0.2, 0) is 19.6 Å². The van der Waals surface area contributed by atoms with Crippen molar-refractivity contribution in [3.8, 4) is 0 Å². The Labute approximate surface area is 180 Å². The molecule has 8 heteroatoms. The number of sulfonamides is 1. The molecule has 0 saturated heterocycles. The van der Waals surface area contributed by atoms with E-state index in [2.05, 4.69) is 10.6 Å². The molecule has 31 heavy (non-hydrogen) atoms. The first kappa shape index (κ1) is 20.6. The number of para-hydroxylation sites is 2. The van der Waals surface area contributed by atoms with Gasteiger partial charge in [-0.25, -0.2) is 8.42 Å². The van der Waals surface area contributed by atoms with Crippen molar-refractivity contribution < 1.29 is 18.0 Å². The summed E-state index contributed by atoms with van der Waals surface area (Å²) in [6, 6.07) is 22.0. The predicted octanol–water partition coefficient (Wildman–Crippen LogP) is 3.58. The highest BCUT2D eigenvalue weighted by Crippen LogP contribution is 2.33. The second-order valence-corrected chi connectivity index (χ2v) is 9.19. The van der Waals surface area contributed by atoms with Crippen LogP contribution in [0, 0.1) is 0 Å². The van der Waals surface area contributed by atoms with E-state index in [1.165, 1.54) is 23.5 Å². The second kappa shape index (κ2) is 8.23. The molecule has 3 aromatic rings. The van der Waals surface area contributed by atoms with Gasteiger partial charge in [-0.1, -0.05) is 42.5 Å². The first-order valence-corrected chi connectivity index (χ1v) is 11.1. The lowest BCUT2D eigenvalue weighted by molar-refractivity contribution is -0.123. The molecular formula is C23H21N3O4S. The highest BCUT2D eigenvalue weighted by Gasteiger charge is 2.30. The highest BCUT2D eigenvalue weighted by atomic mass is 32.2. The largest absolute Gasteiger partial charge is 0.326 e. The molecule has 0 radical (unpaired) electrons. The topological polar surface area (TPSA) is 95.6 Å². The maximum absolute atomic E-state index is 13.0. The van der Waals surface area contributed by atoms with Crippen LogP contribution >= 0.6 is 0 Å². The molecule has 1 unspecified atom stereocenters. The minimum atomic E-state index is -3.81. The Morgan fingerprint density at radius 1 is 1.00 bits per heavy atom. The van der Waals surface area contributed by atoms with Crippen LogP contribution in [-0.4, -0.2) is 27.3 Å². The van der Waals surface area contributed by atoms with Gasteiger partial charge in [0.15, 0.2) is 0 Å². The van der Waals surface area contributed by atoms with Crippen LogP contribution in [0.2, 0.25) is 0 Å². The van der Waals surface area contributed by atoms with Crippen molar-refractivity contribution in [3.05, 3.63) is 84.4 Å². The molecule has 0 saturated carbocycles. The zero-order chi connectivity index (χ0) is 22.0. The average Bonchev–Trinajstić information content (AvgIpc) is 2.78. The molecular weight excluding hydrogens is 414 g/mol. The fraction of sp³-hybridized carbons (Fsp3) is 0.130. The second-order valence-electron chi connectivity index (χ2n) is 7.22. The van der Waals surface area contributed by atoms with Crippen LogP contribution in [0.25, 0.3) is 0 Å². The number of hydrogen-bond acceptors (Lipinski definition) is 4. The van der Waals surface area contributed by atoms with E-state index in [-0.39, 0.29) is 23.1 Å². The third-order valence-electron chi connectivity index (χ3n) is 5.20. The van der Waals surface area contributed by atoms with E-state index in [0.29, 0.717) is 17.1 Å². The zero-order valence-electron chi connectivity index (χ0n) is 16.8. The van der Waals surface area contributed by atoms with E-state index >= 15 is 0 Å². The van der Waals surface area contributed by atoms with Gasteiger partial charge < -0.3 is 10.6 Å². The van der Waals surface area contributed by atoms with Gasteiger partial charge in [-0.05, 0) is 42.0 Å². The number of carbonyl (C=O) groups excluding carboxylic acids is 2. The fourth-order valence-electron chi connectivity index (χ4n) is 3.54. The van der Waals surface area contributed by atoms with Gasteiger partial charge in [-0.15, -0.1) is 0 Å². The molecule has 1 atom stereocenters. The zero-order valence-corrected chi connectivity index (χ0v) is 17.6. The minimum Gasteiger partial charge on any atom is -0.326 e. The molecule has 1 aliphatic heterocycles. The van der Waals surface area contributed by atoms with Crippen LogP contribution in [0.4, 0.5) is 17.1 Å². The summed E-state index contributed by atoms with van der Waals surface area (Å²) < 4.78 is 27.3. The molecule has 0 aliphatic carbocycles. The lowest BCUT2D eigenvalue weighted by Gasteiger charge is -2.25. The Hall–Kier alpha value is -3.65. The molecule has 0 spiro atoms. The maximum Gasteiger partial charge on any atom is 0.264 e. The van der Waals surface area contributed by atoms with Crippen LogP contribution in [0.5, 0.6) is 0 Å². The van der Waals surface area contributed by atoms with Gasteiger partial charge in [0, 0.05) is 24.8 Å². The summed E-state index contributed by atoms with van der Waals surface area (Å²) >= 11 is 0. The summed E-state index contributed by atoms with van der Waals surface area (Å²) in [5, 5.41) is 5.52. The number of anilines is 3. The van der Waals surface area contributed by atoms with E-state index in [1.54, 1.807) is 54.6 Å². The average molecular weight is 436 g/mol. The molecule has 0 bridgehead atoms. The number of amides is 2. The summed E-state index contributed by atoms with van der Waals surface area (Å²) in [5.74, 6) is -1.26. The van der Waals surface area contributed by atoms with Crippen molar-refractivity contribution >= 4 is 38.9 Å². The lowest BCUT2D eigenvalue weighted by Crippen LogP contribution is -2.31. The van der Waals surface area contributed by atoms with Crippen molar-refractivity contribution in [1.82, 2.24) is 0 Å². The number of nitrogens with one attached hydrogen (secondary N) is 2. The minimum absolute atomic E-state index is 0.0254. The van der Waals surface area contributed by atoms with Gasteiger partial charge in [0.1, 0.15) is 0 Å². The fourth-order valence-corrected chi connectivity index (χ4v) is 4.79. The van der Waals surface area contributed by atoms with Gasteiger partial charge >= 0.3 is 0 Å². The number of carbonyl (C=O) groups is 2. The first-order chi connectivity index (χ1) is 14.9. The van der Waals surface area contributed by atoms with Gasteiger partial charge in [-0.3, -0.25) is 13.9 Å². The van der Waals surface area contributed by atoms with Crippen LogP contribution in [0.3, 0.4) is 0 Å². The van der Waals surface area contributed by atoms with E-state index in [4.69, 9.17) is 0 Å². The Bertz CT molecular complexity index is 1240. The SMILES string of the molecule is CN(c1ccccc1)S(=O)(=O)c1cccc(NC(=O)C2CC(=O)Nc3ccccc32)c1. The molecule has 0 fully saturated rings. The number of fused-ring (bicyclic) bond motifs is 1. The smallest absolute Gasteiger partial charge is 0.264 e. The van der Waals surface area contributed by atoms with E-state index < -0.39 is 15.9 Å². The van der Waals surface area contributed by atoms with Crippen LogP contribution in [0.1, 0.15) is 17.9 Å². The molecule has 1 heterocycles. The Kier molecular flexibility index (Phi) is 5.48. The summed E-state index contributed by atoms with van der Waals surface area (Å²) in [4.78, 5) is 25.0. The Morgan fingerprint density at radius 3 is 2.48 bits per heavy atom. The normalized spacial score (nSPS) is 15.5. The molecule has 2 N–H and O–H groups in total. The lowest BCUT2D eigenvalue weighted by atomic mass is 9.90. The quantitative estimate of drug-likeness (QED) is 0.640. The molecule has 2 amide bonds. The van der Waals surface area contributed by atoms with Gasteiger partial charge in [-0.2, -0.15) is 0 Å². The Balaban J connectivity index is 1.58.